The standard InChI is InChI=1S/C16H18BrNO2/c1-3-4-9-13-16(17)15(14(20-13)10-18-19)12-8-6-5-7-11(12)2/h5-8,10,19H,3-4,9H2,1-2H3/b18-10+. The average molecular weight is 336 g/mol. The Kier molecular flexibility index (Phi) is 5.01. The van der Waals surface area contributed by atoms with Crippen LogP contribution < -0.4 is 0 Å². The van der Waals surface area contributed by atoms with Gasteiger partial charge in [0.25, 0.3) is 0 Å². The van der Waals surface area contributed by atoms with E-state index in [4.69, 9.17) is 9.62 Å². The van der Waals surface area contributed by atoms with Gasteiger partial charge in [0.1, 0.15) is 12.0 Å². The number of nitrogens with zero attached hydrogens (tertiary/aromatic N) is 1. The Hall–Kier alpha value is -1.55. The number of hydrogen-bond acceptors (Lipinski definition) is 3. The van der Waals surface area contributed by atoms with Crippen molar-refractivity contribution in [3.05, 3.63) is 45.8 Å². The van der Waals surface area contributed by atoms with Crippen molar-refractivity contribution >= 4 is 22.1 Å². The van der Waals surface area contributed by atoms with Crippen LogP contribution in [0.4, 0.5) is 0 Å². The molecule has 2 rings (SSSR count). The van der Waals surface area contributed by atoms with E-state index in [9.17, 15) is 0 Å². The molecular formula is C16H18BrNO2. The highest BCUT2D eigenvalue weighted by atomic mass is 79.9. The summed E-state index contributed by atoms with van der Waals surface area (Å²) in [4.78, 5) is 0. The summed E-state index contributed by atoms with van der Waals surface area (Å²) in [7, 11) is 0. The van der Waals surface area contributed by atoms with E-state index in [1.165, 1.54) is 6.21 Å². The van der Waals surface area contributed by atoms with Gasteiger partial charge in [-0.2, -0.15) is 0 Å². The molecule has 4 heteroatoms. The number of oxime groups is 1. The smallest absolute Gasteiger partial charge is 0.157 e. The van der Waals surface area contributed by atoms with Gasteiger partial charge in [0.15, 0.2) is 5.76 Å². The monoisotopic (exact) mass is 335 g/mol. The molecule has 0 aliphatic heterocycles. The highest BCUT2D eigenvalue weighted by molar-refractivity contribution is 9.10. The predicted octanol–water partition coefficient (Wildman–Crippen LogP) is 5.17. The molecule has 0 saturated heterocycles. The molecule has 1 heterocycles. The van der Waals surface area contributed by atoms with Gasteiger partial charge in [0.05, 0.1) is 4.47 Å². The first-order valence-corrected chi connectivity index (χ1v) is 7.53. The van der Waals surface area contributed by atoms with Gasteiger partial charge in [0.2, 0.25) is 0 Å². The van der Waals surface area contributed by atoms with Crippen LogP contribution in [0.5, 0.6) is 0 Å². The molecule has 0 radical (unpaired) electrons. The van der Waals surface area contributed by atoms with Gasteiger partial charge < -0.3 is 9.62 Å². The number of hydrogen-bond donors (Lipinski definition) is 1. The summed E-state index contributed by atoms with van der Waals surface area (Å²) in [5.41, 5.74) is 3.19. The second-order valence-corrected chi connectivity index (χ2v) is 5.53. The van der Waals surface area contributed by atoms with Crippen molar-refractivity contribution in [1.82, 2.24) is 0 Å². The minimum absolute atomic E-state index is 0.583. The van der Waals surface area contributed by atoms with E-state index in [0.717, 1.165) is 46.2 Å². The molecule has 0 saturated carbocycles. The second-order valence-electron chi connectivity index (χ2n) is 4.74. The van der Waals surface area contributed by atoms with Gasteiger partial charge in [-0.05, 0) is 40.4 Å². The Balaban J connectivity index is 2.55. The molecule has 1 aromatic carbocycles. The zero-order chi connectivity index (χ0) is 14.5. The zero-order valence-electron chi connectivity index (χ0n) is 11.7. The number of aryl methyl sites for hydroxylation is 2. The molecule has 0 unspecified atom stereocenters. The maximum absolute atomic E-state index is 8.83. The van der Waals surface area contributed by atoms with Crippen LogP contribution in [0.1, 0.15) is 36.8 Å². The van der Waals surface area contributed by atoms with Crippen molar-refractivity contribution in [2.75, 3.05) is 0 Å². The Morgan fingerprint density at radius 1 is 1.35 bits per heavy atom. The van der Waals surface area contributed by atoms with E-state index in [1.54, 1.807) is 0 Å². The number of unbranched alkanes of at least 4 members (excludes halogenated alkanes) is 1. The molecule has 1 N–H and O–H groups in total. The summed E-state index contributed by atoms with van der Waals surface area (Å²) in [5, 5.41) is 11.9. The normalized spacial score (nSPS) is 11.3. The van der Waals surface area contributed by atoms with Crippen LogP contribution in [0.2, 0.25) is 0 Å². The van der Waals surface area contributed by atoms with Crippen LogP contribution in [0.3, 0.4) is 0 Å². The van der Waals surface area contributed by atoms with Crippen molar-refractivity contribution in [3.8, 4) is 11.1 Å². The maximum Gasteiger partial charge on any atom is 0.157 e. The van der Waals surface area contributed by atoms with Gasteiger partial charge in [-0.3, -0.25) is 0 Å². The summed E-state index contributed by atoms with van der Waals surface area (Å²) in [6.07, 6.45) is 4.39. The van der Waals surface area contributed by atoms with Crippen molar-refractivity contribution in [2.45, 2.75) is 33.1 Å². The fourth-order valence-electron chi connectivity index (χ4n) is 2.22. The molecule has 0 bridgehead atoms. The second kappa shape index (κ2) is 6.75. The summed E-state index contributed by atoms with van der Waals surface area (Å²) < 4.78 is 6.80. The van der Waals surface area contributed by atoms with E-state index in [1.807, 2.05) is 18.2 Å². The number of rotatable bonds is 5. The molecule has 0 amide bonds. The van der Waals surface area contributed by atoms with Crippen molar-refractivity contribution in [3.63, 3.8) is 0 Å². The lowest BCUT2D eigenvalue weighted by atomic mass is 10.0. The molecule has 0 aliphatic carbocycles. The topological polar surface area (TPSA) is 45.7 Å². The molecule has 0 spiro atoms. The van der Waals surface area contributed by atoms with E-state index >= 15 is 0 Å². The SMILES string of the molecule is CCCCc1oc(/C=N/O)c(-c2ccccc2C)c1Br. The number of furan rings is 1. The molecule has 2 aromatic rings. The Labute approximate surface area is 127 Å². The predicted molar refractivity (Wildman–Crippen MR) is 84.6 cm³/mol. The first kappa shape index (κ1) is 14.9. The first-order chi connectivity index (χ1) is 9.69. The van der Waals surface area contributed by atoms with Crippen LogP contribution in [0, 0.1) is 6.92 Å². The lowest BCUT2D eigenvalue weighted by Gasteiger charge is -2.04. The number of benzene rings is 1. The van der Waals surface area contributed by atoms with Gasteiger partial charge in [-0.1, -0.05) is 42.8 Å². The fraction of sp³-hybridized carbons (Fsp3) is 0.312. The molecule has 0 aliphatic rings. The third-order valence-corrected chi connectivity index (χ3v) is 4.13. The largest absolute Gasteiger partial charge is 0.458 e. The van der Waals surface area contributed by atoms with E-state index in [2.05, 4.69) is 41.0 Å². The van der Waals surface area contributed by atoms with Crippen LogP contribution in [0.25, 0.3) is 11.1 Å². The maximum atomic E-state index is 8.83. The minimum atomic E-state index is 0.583. The first-order valence-electron chi connectivity index (χ1n) is 6.73. The van der Waals surface area contributed by atoms with Crippen molar-refractivity contribution < 1.29 is 9.62 Å². The summed E-state index contributed by atoms with van der Waals surface area (Å²) in [6, 6.07) is 8.10. The molecule has 0 atom stereocenters. The van der Waals surface area contributed by atoms with Crippen molar-refractivity contribution in [1.29, 1.82) is 0 Å². The highest BCUT2D eigenvalue weighted by Gasteiger charge is 2.19. The molecular weight excluding hydrogens is 318 g/mol. The van der Waals surface area contributed by atoms with Crippen molar-refractivity contribution in [2.24, 2.45) is 5.16 Å². The average Bonchev–Trinajstić information content (AvgIpc) is 2.74. The van der Waals surface area contributed by atoms with Crippen LogP contribution in [-0.4, -0.2) is 11.4 Å². The van der Waals surface area contributed by atoms with E-state index in [-0.39, 0.29) is 0 Å². The zero-order valence-corrected chi connectivity index (χ0v) is 13.3. The third-order valence-electron chi connectivity index (χ3n) is 3.29. The summed E-state index contributed by atoms with van der Waals surface area (Å²) >= 11 is 3.64. The van der Waals surface area contributed by atoms with Gasteiger partial charge in [-0.25, -0.2) is 0 Å². The molecule has 20 heavy (non-hydrogen) atoms. The third kappa shape index (κ3) is 2.96. The lowest BCUT2D eigenvalue weighted by molar-refractivity contribution is 0.320. The molecule has 106 valence electrons. The number of halogens is 1. The minimum Gasteiger partial charge on any atom is -0.458 e. The molecule has 1 aromatic heterocycles. The molecule has 3 nitrogen and oxygen atoms in total. The van der Waals surface area contributed by atoms with Gasteiger partial charge in [0, 0.05) is 12.0 Å². The summed E-state index contributed by atoms with van der Waals surface area (Å²) in [6.45, 7) is 4.20. The van der Waals surface area contributed by atoms with Gasteiger partial charge >= 0.3 is 0 Å². The Bertz CT molecular complexity index is 617. The van der Waals surface area contributed by atoms with Crippen LogP contribution in [0.15, 0.2) is 38.3 Å². The highest BCUT2D eigenvalue weighted by Crippen LogP contribution is 2.38. The fourth-order valence-corrected chi connectivity index (χ4v) is 2.91. The van der Waals surface area contributed by atoms with Crippen LogP contribution in [-0.2, 0) is 6.42 Å². The van der Waals surface area contributed by atoms with Gasteiger partial charge in [-0.15, -0.1) is 0 Å². The quantitative estimate of drug-likeness (QED) is 0.465. The summed E-state index contributed by atoms with van der Waals surface area (Å²) in [5.74, 6) is 1.49. The van der Waals surface area contributed by atoms with Crippen LogP contribution >= 0.6 is 15.9 Å². The van der Waals surface area contributed by atoms with E-state index < -0.39 is 0 Å². The van der Waals surface area contributed by atoms with E-state index in [0.29, 0.717) is 5.76 Å². The lowest BCUT2D eigenvalue weighted by Crippen LogP contribution is -1.87. The molecule has 0 fully saturated rings. The Morgan fingerprint density at radius 3 is 2.75 bits per heavy atom. The Morgan fingerprint density at radius 2 is 2.10 bits per heavy atom.